The summed E-state index contributed by atoms with van der Waals surface area (Å²) in [4.78, 5) is 8.65. The predicted octanol–water partition coefficient (Wildman–Crippen LogP) is 0.431. The van der Waals surface area contributed by atoms with Gasteiger partial charge in [-0.2, -0.15) is 5.10 Å². The number of nitrogens with two attached hydrogens (primary N) is 1. The van der Waals surface area contributed by atoms with E-state index in [0.29, 0.717) is 12.5 Å². The second-order valence-electron chi connectivity index (χ2n) is 3.92. The van der Waals surface area contributed by atoms with Crippen molar-refractivity contribution >= 4 is 17.0 Å². The highest BCUT2D eigenvalue weighted by molar-refractivity contribution is 5.77. The SMILES string of the molecule is Cc1nn(C)c2cnc(NC(C)CN)nc12. The Morgan fingerprint density at radius 2 is 2.31 bits per heavy atom. The van der Waals surface area contributed by atoms with Gasteiger partial charge in [-0.3, -0.25) is 4.68 Å². The van der Waals surface area contributed by atoms with E-state index in [-0.39, 0.29) is 6.04 Å². The number of aryl methyl sites for hydroxylation is 2. The molecule has 6 nitrogen and oxygen atoms in total. The Morgan fingerprint density at radius 1 is 1.56 bits per heavy atom. The van der Waals surface area contributed by atoms with Crippen molar-refractivity contribution in [3.8, 4) is 0 Å². The van der Waals surface area contributed by atoms with Crippen molar-refractivity contribution in [1.29, 1.82) is 0 Å². The van der Waals surface area contributed by atoms with E-state index in [2.05, 4.69) is 20.4 Å². The topological polar surface area (TPSA) is 81.7 Å². The minimum absolute atomic E-state index is 0.162. The average Bonchev–Trinajstić information content (AvgIpc) is 2.54. The zero-order valence-electron chi connectivity index (χ0n) is 9.73. The molecule has 2 rings (SSSR count). The lowest BCUT2D eigenvalue weighted by atomic mass is 10.3. The highest BCUT2D eigenvalue weighted by Gasteiger charge is 2.09. The van der Waals surface area contributed by atoms with E-state index >= 15 is 0 Å². The van der Waals surface area contributed by atoms with Gasteiger partial charge in [0.2, 0.25) is 5.95 Å². The van der Waals surface area contributed by atoms with Gasteiger partial charge in [0.15, 0.2) is 0 Å². The first kappa shape index (κ1) is 10.8. The largest absolute Gasteiger partial charge is 0.350 e. The molecule has 16 heavy (non-hydrogen) atoms. The zero-order valence-corrected chi connectivity index (χ0v) is 9.73. The summed E-state index contributed by atoms with van der Waals surface area (Å²) >= 11 is 0. The lowest BCUT2D eigenvalue weighted by molar-refractivity contribution is 0.780. The molecule has 0 aliphatic heterocycles. The number of hydrogen-bond acceptors (Lipinski definition) is 5. The standard InChI is InChI=1S/C10H16N6/c1-6(4-11)13-10-12-5-8-9(14-10)7(2)15-16(8)3/h5-6H,4,11H2,1-3H3,(H,12,13,14). The molecule has 1 unspecified atom stereocenters. The number of fused-ring (bicyclic) bond motifs is 1. The van der Waals surface area contributed by atoms with Crippen LogP contribution in [-0.2, 0) is 7.05 Å². The van der Waals surface area contributed by atoms with Gasteiger partial charge in [-0.25, -0.2) is 9.97 Å². The molecule has 0 aliphatic carbocycles. The quantitative estimate of drug-likeness (QED) is 0.784. The van der Waals surface area contributed by atoms with Gasteiger partial charge < -0.3 is 11.1 Å². The average molecular weight is 220 g/mol. The van der Waals surface area contributed by atoms with Crippen LogP contribution in [0.2, 0.25) is 0 Å². The van der Waals surface area contributed by atoms with Crippen LogP contribution in [0, 0.1) is 6.92 Å². The van der Waals surface area contributed by atoms with Crippen LogP contribution in [0.1, 0.15) is 12.6 Å². The van der Waals surface area contributed by atoms with Gasteiger partial charge in [0.05, 0.1) is 11.9 Å². The summed E-state index contributed by atoms with van der Waals surface area (Å²) < 4.78 is 1.78. The third-order valence-electron chi connectivity index (χ3n) is 2.49. The number of aromatic nitrogens is 4. The maximum absolute atomic E-state index is 5.53. The van der Waals surface area contributed by atoms with E-state index in [1.807, 2.05) is 20.9 Å². The zero-order chi connectivity index (χ0) is 11.7. The Hall–Kier alpha value is -1.69. The highest BCUT2D eigenvalue weighted by atomic mass is 15.3. The number of anilines is 1. The molecule has 0 spiro atoms. The maximum Gasteiger partial charge on any atom is 0.223 e. The van der Waals surface area contributed by atoms with Gasteiger partial charge in [0, 0.05) is 19.6 Å². The first-order chi connectivity index (χ1) is 7.61. The molecule has 0 radical (unpaired) electrons. The number of hydrogen-bond donors (Lipinski definition) is 2. The van der Waals surface area contributed by atoms with Gasteiger partial charge in [-0.05, 0) is 13.8 Å². The van der Waals surface area contributed by atoms with Gasteiger partial charge in [-0.1, -0.05) is 0 Å². The van der Waals surface area contributed by atoms with E-state index in [9.17, 15) is 0 Å². The van der Waals surface area contributed by atoms with E-state index in [1.165, 1.54) is 0 Å². The molecule has 2 heterocycles. The normalized spacial score (nSPS) is 13.0. The summed E-state index contributed by atoms with van der Waals surface area (Å²) in [6.45, 7) is 4.47. The maximum atomic E-state index is 5.53. The molecule has 3 N–H and O–H groups in total. The third kappa shape index (κ3) is 1.83. The van der Waals surface area contributed by atoms with E-state index < -0.39 is 0 Å². The molecule has 0 bridgehead atoms. The molecule has 0 aliphatic rings. The smallest absolute Gasteiger partial charge is 0.223 e. The van der Waals surface area contributed by atoms with Crippen LogP contribution in [0.4, 0.5) is 5.95 Å². The van der Waals surface area contributed by atoms with E-state index in [4.69, 9.17) is 5.73 Å². The van der Waals surface area contributed by atoms with Gasteiger partial charge >= 0.3 is 0 Å². The van der Waals surface area contributed by atoms with Crippen molar-refractivity contribution in [3.05, 3.63) is 11.9 Å². The van der Waals surface area contributed by atoms with Crippen LogP contribution in [-0.4, -0.2) is 32.3 Å². The van der Waals surface area contributed by atoms with Gasteiger partial charge in [0.25, 0.3) is 0 Å². The molecule has 86 valence electrons. The van der Waals surface area contributed by atoms with Gasteiger partial charge in [0.1, 0.15) is 11.0 Å². The van der Waals surface area contributed by atoms with Crippen LogP contribution >= 0.6 is 0 Å². The fourth-order valence-corrected chi connectivity index (χ4v) is 1.55. The minimum Gasteiger partial charge on any atom is -0.350 e. The van der Waals surface area contributed by atoms with Crippen molar-refractivity contribution in [3.63, 3.8) is 0 Å². The second-order valence-corrected chi connectivity index (χ2v) is 3.92. The van der Waals surface area contributed by atoms with Crippen molar-refractivity contribution in [2.45, 2.75) is 19.9 Å². The Balaban J connectivity index is 2.40. The second kappa shape index (κ2) is 4.05. The first-order valence-corrected chi connectivity index (χ1v) is 5.24. The van der Waals surface area contributed by atoms with Crippen LogP contribution in [0.15, 0.2) is 6.20 Å². The van der Waals surface area contributed by atoms with Crippen molar-refractivity contribution in [2.75, 3.05) is 11.9 Å². The fraction of sp³-hybridized carbons (Fsp3) is 0.500. The Labute approximate surface area is 93.9 Å². The van der Waals surface area contributed by atoms with Gasteiger partial charge in [-0.15, -0.1) is 0 Å². The summed E-state index contributed by atoms with van der Waals surface area (Å²) in [5.74, 6) is 0.599. The predicted molar refractivity (Wildman–Crippen MR) is 63.2 cm³/mol. The Bertz CT molecular complexity index is 503. The molecule has 0 fully saturated rings. The summed E-state index contributed by atoms with van der Waals surface area (Å²) in [5, 5.41) is 7.43. The Morgan fingerprint density at radius 3 is 3.00 bits per heavy atom. The molecule has 0 saturated carbocycles. The number of rotatable bonds is 3. The lowest BCUT2D eigenvalue weighted by Crippen LogP contribution is -2.26. The monoisotopic (exact) mass is 220 g/mol. The minimum atomic E-state index is 0.162. The molecular formula is C10H16N6. The first-order valence-electron chi connectivity index (χ1n) is 5.24. The number of nitrogens with zero attached hydrogens (tertiary/aromatic N) is 4. The summed E-state index contributed by atoms with van der Waals surface area (Å²) in [6, 6.07) is 0.162. The molecule has 0 aromatic carbocycles. The van der Waals surface area contributed by atoms with Crippen LogP contribution in [0.25, 0.3) is 11.0 Å². The third-order valence-corrected chi connectivity index (χ3v) is 2.49. The molecule has 2 aromatic heterocycles. The molecule has 1 atom stereocenters. The van der Waals surface area contributed by atoms with Crippen LogP contribution in [0.3, 0.4) is 0 Å². The fourth-order valence-electron chi connectivity index (χ4n) is 1.55. The summed E-state index contributed by atoms with van der Waals surface area (Å²) in [6.07, 6.45) is 1.77. The molecule has 2 aromatic rings. The van der Waals surface area contributed by atoms with Crippen molar-refractivity contribution < 1.29 is 0 Å². The Kier molecular flexibility index (Phi) is 2.74. The summed E-state index contributed by atoms with van der Waals surface area (Å²) in [7, 11) is 1.88. The lowest BCUT2D eigenvalue weighted by Gasteiger charge is -2.10. The van der Waals surface area contributed by atoms with Crippen LogP contribution < -0.4 is 11.1 Å². The van der Waals surface area contributed by atoms with Crippen molar-refractivity contribution in [1.82, 2.24) is 19.7 Å². The summed E-state index contributed by atoms with van der Waals surface area (Å²) in [5.41, 5.74) is 8.25. The van der Waals surface area contributed by atoms with Crippen LogP contribution in [0.5, 0.6) is 0 Å². The van der Waals surface area contributed by atoms with Crippen molar-refractivity contribution in [2.24, 2.45) is 12.8 Å². The van der Waals surface area contributed by atoms with E-state index in [0.717, 1.165) is 16.7 Å². The molecule has 0 saturated heterocycles. The molecule has 6 heteroatoms. The number of nitrogens with one attached hydrogen (secondary N) is 1. The molecule has 0 amide bonds. The highest BCUT2D eigenvalue weighted by Crippen LogP contribution is 2.15. The molecular weight excluding hydrogens is 204 g/mol. The van der Waals surface area contributed by atoms with E-state index in [1.54, 1.807) is 10.9 Å².